The molecule has 1 aromatic rings. The van der Waals surface area contributed by atoms with Crippen LogP contribution in [0.1, 0.15) is 38.7 Å². The van der Waals surface area contributed by atoms with Gasteiger partial charge in [-0.2, -0.15) is 0 Å². The first kappa shape index (κ1) is 17.0. The lowest BCUT2D eigenvalue weighted by Gasteiger charge is -2.29. The molecule has 0 saturated carbocycles. The Hall–Kier alpha value is -2.37. The number of hydrogen-bond acceptors (Lipinski definition) is 3. The molecule has 0 bridgehead atoms. The maximum absolute atomic E-state index is 11.9. The molecule has 0 spiro atoms. The maximum Gasteiger partial charge on any atom is 0.313 e. The van der Waals surface area contributed by atoms with Gasteiger partial charge in [0.2, 0.25) is 5.91 Å². The minimum atomic E-state index is -0.689. The molecule has 6 heteroatoms. The van der Waals surface area contributed by atoms with Gasteiger partial charge in [-0.25, -0.2) is 0 Å². The van der Waals surface area contributed by atoms with Crippen LogP contribution in [0.2, 0.25) is 0 Å². The lowest BCUT2D eigenvalue weighted by molar-refractivity contribution is -0.136. The summed E-state index contributed by atoms with van der Waals surface area (Å²) in [6, 6.07) is 5.42. The highest BCUT2D eigenvalue weighted by Crippen LogP contribution is 2.30. The monoisotopic (exact) mass is 317 g/mol. The molecule has 23 heavy (non-hydrogen) atoms. The normalized spacial score (nSPS) is 13.2. The smallest absolute Gasteiger partial charge is 0.313 e. The molecule has 0 radical (unpaired) electrons. The zero-order chi connectivity index (χ0) is 16.8. The Balaban J connectivity index is 2.06. The van der Waals surface area contributed by atoms with Crippen LogP contribution in [0.25, 0.3) is 0 Å². The minimum Gasteiger partial charge on any atom is -0.348 e. The summed E-state index contributed by atoms with van der Waals surface area (Å²) in [6.45, 7) is 4.71. The number of carbonyl (C=O) groups is 3. The van der Waals surface area contributed by atoms with Gasteiger partial charge in [-0.15, -0.1) is 0 Å². The van der Waals surface area contributed by atoms with E-state index < -0.39 is 11.8 Å². The number of nitrogens with zero attached hydrogens (tertiary/aromatic N) is 1. The molecule has 0 atom stereocenters. The van der Waals surface area contributed by atoms with Crippen LogP contribution in [0.5, 0.6) is 0 Å². The summed E-state index contributed by atoms with van der Waals surface area (Å²) < 4.78 is 0. The second kappa shape index (κ2) is 7.76. The van der Waals surface area contributed by atoms with Crippen molar-refractivity contribution in [1.82, 2.24) is 5.32 Å². The second-order valence-electron chi connectivity index (χ2n) is 5.68. The number of fused-ring (bicyclic) bond motifs is 1. The Bertz CT molecular complexity index is 613. The lowest BCUT2D eigenvalue weighted by atomic mass is 10.0. The van der Waals surface area contributed by atoms with Crippen LogP contribution >= 0.6 is 0 Å². The van der Waals surface area contributed by atoms with Crippen LogP contribution < -0.4 is 15.5 Å². The van der Waals surface area contributed by atoms with Crippen molar-refractivity contribution in [2.24, 2.45) is 0 Å². The third-order valence-corrected chi connectivity index (χ3v) is 3.86. The Kier molecular flexibility index (Phi) is 5.73. The number of hydrogen-bond donors (Lipinski definition) is 2. The zero-order valence-electron chi connectivity index (χ0n) is 13.6. The van der Waals surface area contributed by atoms with Crippen LogP contribution in [0.15, 0.2) is 18.2 Å². The van der Waals surface area contributed by atoms with E-state index in [2.05, 4.69) is 10.6 Å². The van der Waals surface area contributed by atoms with Crippen molar-refractivity contribution in [2.45, 2.75) is 39.5 Å². The van der Waals surface area contributed by atoms with E-state index in [9.17, 15) is 14.4 Å². The van der Waals surface area contributed by atoms with Crippen LogP contribution in [0.3, 0.4) is 0 Å². The topological polar surface area (TPSA) is 78.5 Å². The molecular formula is C17H23N3O3. The van der Waals surface area contributed by atoms with Gasteiger partial charge in [-0.3, -0.25) is 14.4 Å². The first-order valence-corrected chi connectivity index (χ1v) is 8.03. The van der Waals surface area contributed by atoms with Gasteiger partial charge < -0.3 is 15.5 Å². The number of rotatable bonds is 4. The van der Waals surface area contributed by atoms with E-state index in [1.165, 1.54) is 6.92 Å². The molecule has 1 heterocycles. The number of aryl methyl sites for hydroxylation is 1. The molecule has 0 unspecified atom stereocenters. The summed E-state index contributed by atoms with van der Waals surface area (Å²) in [5.74, 6) is -1.35. The Labute approximate surface area is 136 Å². The van der Waals surface area contributed by atoms with E-state index in [-0.39, 0.29) is 5.91 Å². The SMILES string of the molecule is CCCCNC(=O)C(=O)Nc1ccc2c(c1)N(C(C)=O)CCC2. The quantitative estimate of drug-likeness (QED) is 0.657. The summed E-state index contributed by atoms with van der Waals surface area (Å²) in [6.07, 6.45) is 3.63. The fourth-order valence-corrected chi connectivity index (χ4v) is 2.63. The third kappa shape index (κ3) is 4.31. The van der Waals surface area contributed by atoms with E-state index >= 15 is 0 Å². The van der Waals surface area contributed by atoms with Crippen LogP contribution in [0.4, 0.5) is 11.4 Å². The fraction of sp³-hybridized carbons (Fsp3) is 0.471. The van der Waals surface area contributed by atoms with Crippen molar-refractivity contribution in [1.29, 1.82) is 0 Å². The van der Waals surface area contributed by atoms with Crippen molar-refractivity contribution >= 4 is 29.1 Å². The van der Waals surface area contributed by atoms with Crippen molar-refractivity contribution in [2.75, 3.05) is 23.3 Å². The molecule has 0 aliphatic carbocycles. The summed E-state index contributed by atoms with van der Waals surface area (Å²) in [5.41, 5.74) is 2.41. The summed E-state index contributed by atoms with van der Waals surface area (Å²) >= 11 is 0. The highest BCUT2D eigenvalue weighted by Gasteiger charge is 2.21. The molecular weight excluding hydrogens is 294 g/mol. The number of benzene rings is 1. The van der Waals surface area contributed by atoms with Crippen LogP contribution in [-0.4, -0.2) is 30.8 Å². The molecule has 124 valence electrons. The van der Waals surface area contributed by atoms with E-state index in [1.54, 1.807) is 17.0 Å². The predicted octanol–water partition coefficient (Wildman–Crippen LogP) is 1.84. The standard InChI is InChI=1S/C17H23N3O3/c1-3-4-9-18-16(22)17(23)19-14-8-7-13-6-5-10-20(12(2)21)15(13)11-14/h7-8,11H,3-6,9-10H2,1-2H3,(H,18,22)(H,19,23). The summed E-state index contributed by atoms with van der Waals surface area (Å²) in [7, 11) is 0. The highest BCUT2D eigenvalue weighted by molar-refractivity contribution is 6.39. The number of amides is 3. The van der Waals surface area contributed by atoms with Crippen LogP contribution in [0, 0.1) is 0 Å². The average molecular weight is 317 g/mol. The first-order valence-electron chi connectivity index (χ1n) is 8.03. The van der Waals surface area contributed by atoms with Gasteiger partial charge in [0.05, 0.1) is 0 Å². The number of unbranched alkanes of at least 4 members (excludes halogenated alkanes) is 1. The van der Waals surface area contributed by atoms with Crippen molar-refractivity contribution < 1.29 is 14.4 Å². The molecule has 1 aliphatic rings. The number of nitrogens with one attached hydrogen (secondary N) is 2. The summed E-state index contributed by atoms with van der Waals surface area (Å²) in [5, 5.41) is 5.17. The summed E-state index contributed by atoms with van der Waals surface area (Å²) in [4.78, 5) is 37.0. The molecule has 6 nitrogen and oxygen atoms in total. The van der Waals surface area contributed by atoms with Gasteiger partial charge in [-0.1, -0.05) is 19.4 Å². The van der Waals surface area contributed by atoms with Crippen molar-refractivity contribution in [3.63, 3.8) is 0 Å². The molecule has 1 aromatic carbocycles. The molecule has 0 aromatic heterocycles. The van der Waals surface area contributed by atoms with Crippen LogP contribution in [-0.2, 0) is 20.8 Å². The van der Waals surface area contributed by atoms with Gasteiger partial charge in [0.25, 0.3) is 0 Å². The molecule has 2 N–H and O–H groups in total. The largest absolute Gasteiger partial charge is 0.348 e. The van der Waals surface area contributed by atoms with Crippen molar-refractivity contribution in [3.8, 4) is 0 Å². The zero-order valence-corrected chi connectivity index (χ0v) is 13.6. The lowest BCUT2D eigenvalue weighted by Crippen LogP contribution is -2.36. The minimum absolute atomic E-state index is 0.0215. The second-order valence-corrected chi connectivity index (χ2v) is 5.68. The molecule has 2 rings (SSSR count). The van der Waals surface area contributed by atoms with E-state index in [1.807, 2.05) is 13.0 Å². The predicted molar refractivity (Wildman–Crippen MR) is 89.3 cm³/mol. The number of anilines is 2. The third-order valence-electron chi connectivity index (χ3n) is 3.86. The number of carbonyl (C=O) groups excluding carboxylic acids is 3. The van der Waals surface area contributed by atoms with Gasteiger partial charge >= 0.3 is 11.8 Å². The van der Waals surface area contributed by atoms with Gasteiger partial charge in [0.15, 0.2) is 0 Å². The van der Waals surface area contributed by atoms with E-state index in [0.29, 0.717) is 18.8 Å². The molecule has 3 amide bonds. The maximum atomic E-state index is 11.9. The Morgan fingerprint density at radius 2 is 2.00 bits per heavy atom. The highest BCUT2D eigenvalue weighted by atomic mass is 16.2. The Morgan fingerprint density at radius 1 is 1.22 bits per heavy atom. The molecule has 0 fully saturated rings. The molecule has 1 aliphatic heterocycles. The van der Waals surface area contributed by atoms with Crippen molar-refractivity contribution in [3.05, 3.63) is 23.8 Å². The van der Waals surface area contributed by atoms with E-state index in [0.717, 1.165) is 36.9 Å². The van der Waals surface area contributed by atoms with Gasteiger partial charge in [-0.05, 0) is 37.0 Å². The first-order chi connectivity index (χ1) is 11.0. The Morgan fingerprint density at radius 3 is 2.70 bits per heavy atom. The molecule has 0 saturated heterocycles. The van der Waals surface area contributed by atoms with Gasteiger partial charge in [0.1, 0.15) is 0 Å². The van der Waals surface area contributed by atoms with Gasteiger partial charge in [0, 0.05) is 31.4 Å². The fourth-order valence-electron chi connectivity index (χ4n) is 2.63. The van der Waals surface area contributed by atoms with E-state index in [4.69, 9.17) is 0 Å². The average Bonchev–Trinajstić information content (AvgIpc) is 2.54.